The highest BCUT2D eigenvalue weighted by Crippen LogP contribution is 2.32. The number of halogens is 2. The third kappa shape index (κ3) is 7.60. The topological polar surface area (TPSA) is 135 Å². The smallest absolute Gasteiger partial charge is 0.271 e. The van der Waals surface area contributed by atoms with E-state index in [9.17, 15) is 14.0 Å². The third-order valence-electron chi connectivity index (χ3n) is 6.48. The van der Waals surface area contributed by atoms with Gasteiger partial charge in [-0.05, 0) is 80.2 Å². The molecule has 0 aliphatic rings. The average molecular weight is 644 g/mol. The molecule has 2 heterocycles. The predicted molar refractivity (Wildman–Crippen MR) is 178 cm³/mol. The van der Waals surface area contributed by atoms with Crippen LogP contribution in [0.1, 0.15) is 23.0 Å². The lowest BCUT2D eigenvalue weighted by Crippen LogP contribution is -2.29. The van der Waals surface area contributed by atoms with Crippen LogP contribution in [0.25, 0.3) is 22.6 Å². The standard InChI is InChI=1S/C33H26F2N4O4S.CH5N/c1-2-42-28-14-17-39(23-9-6-21(34)7-10-23)33(41)30(28)32(40)38-22-8-11-27(26(35)19-22)43-29(12-15-36)31-25(13-16-37-31)20-4-3-5-24(44)18-20;1-2/h3-19,36-37,44H,2H2,1H3,(H,38,40);2H2,1H3/b29-12+,36-15?;. The average Bonchev–Trinajstić information content (AvgIpc) is 3.54. The van der Waals surface area contributed by atoms with Crippen LogP contribution in [0.5, 0.6) is 11.5 Å². The minimum absolute atomic E-state index is 0.0421. The van der Waals surface area contributed by atoms with E-state index in [0.717, 1.165) is 28.3 Å². The van der Waals surface area contributed by atoms with Gasteiger partial charge in [0.1, 0.15) is 17.1 Å². The number of rotatable bonds is 10. The summed E-state index contributed by atoms with van der Waals surface area (Å²) in [5.74, 6) is -2.03. The van der Waals surface area contributed by atoms with Crippen molar-refractivity contribution < 1.29 is 23.0 Å². The second-order valence-electron chi connectivity index (χ2n) is 9.36. The van der Waals surface area contributed by atoms with Crippen LogP contribution < -0.4 is 26.1 Å². The van der Waals surface area contributed by atoms with Gasteiger partial charge in [-0.25, -0.2) is 8.78 Å². The summed E-state index contributed by atoms with van der Waals surface area (Å²) < 4.78 is 41.3. The molecule has 0 aliphatic carbocycles. The van der Waals surface area contributed by atoms with Crippen LogP contribution in [-0.4, -0.2) is 35.3 Å². The summed E-state index contributed by atoms with van der Waals surface area (Å²) in [7, 11) is 1.50. The first-order chi connectivity index (χ1) is 22.3. The molecule has 0 bridgehead atoms. The summed E-state index contributed by atoms with van der Waals surface area (Å²) in [6.45, 7) is 1.89. The van der Waals surface area contributed by atoms with E-state index in [2.05, 4.69) is 28.7 Å². The SMILES string of the molecule is CCOc1ccn(-c2ccc(F)cc2)c(=O)c1C(=O)Nc1ccc(O/C(=C/C=N)c2[nH]ccc2-c2cccc(S)c2)c(F)c1.CN. The largest absolute Gasteiger partial charge is 0.493 e. The quantitative estimate of drug-likeness (QED) is 0.0656. The molecule has 0 aliphatic heterocycles. The molecule has 0 atom stereocenters. The van der Waals surface area contributed by atoms with Crippen molar-refractivity contribution in [1.29, 1.82) is 5.41 Å². The van der Waals surface area contributed by atoms with Crippen molar-refractivity contribution >= 4 is 36.2 Å². The maximum atomic E-state index is 15.3. The van der Waals surface area contributed by atoms with Crippen molar-refractivity contribution in [3.8, 4) is 28.3 Å². The van der Waals surface area contributed by atoms with Crippen molar-refractivity contribution in [2.75, 3.05) is 19.0 Å². The zero-order chi connectivity index (χ0) is 33.2. The van der Waals surface area contributed by atoms with E-state index >= 15 is 4.39 Å². The van der Waals surface area contributed by atoms with Gasteiger partial charge >= 0.3 is 0 Å². The van der Waals surface area contributed by atoms with Gasteiger partial charge in [0.25, 0.3) is 11.5 Å². The monoisotopic (exact) mass is 643 g/mol. The fourth-order valence-electron chi connectivity index (χ4n) is 4.51. The molecule has 236 valence electrons. The van der Waals surface area contributed by atoms with Crippen LogP contribution in [0.15, 0.2) is 107 Å². The summed E-state index contributed by atoms with van der Waals surface area (Å²) in [5.41, 5.74) is 6.03. The second kappa shape index (κ2) is 15.5. The fraction of sp³-hybridized carbons (Fsp3) is 0.0882. The number of carbonyl (C=O) groups excluding carboxylic acids is 1. The number of nitrogens with two attached hydrogens (primary N) is 1. The molecule has 1 amide bonds. The van der Waals surface area contributed by atoms with E-state index in [4.69, 9.17) is 14.9 Å². The molecular weight excluding hydrogens is 612 g/mol. The van der Waals surface area contributed by atoms with E-state index in [1.165, 1.54) is 66.4 Å². The molecular formula is C34H31F2N5O4S. The summed E-state index contributed by atoms with van der Waals surface area (Å²) >= 11 is 4.40. The maximum Gasteiger partial charge on any atom is 0.271 e. The normalized spacial score (nSPS) is 10.9. The zero-order valence-electron chi connectivity index (χ0n) is 24.9. The Labute approximate surface area is 269 Å². The number of hydrogen-bond donors (Lipinski definition) is 5. The molecule has 3 aromatic carbocycles. The number of thiol groups is 1. The lowest BCUT2D eigenvalue weighted by Gasteiger charge is -2.15. The summed E-state index contributed by atoms with van der Waals surface area (Å²) in [6, 6.07) is 19.7. The molecule has 0 unspecified atom stereocenters. The van der Waals surface area contributed by atoms with Crippen molar-refractivity contribution in [3.63, 3.8) is 0 Å². The van der Waals surface area contributed by atoms with Crippen molar-refractivity contribution in [2.24, 2.45) is 5.73 Å². The molecule has 0 saturated heterocycles. The van der Waals surface area contributed by atoms with E-state index in [1.54, 1.807) is 13.1 Å². The number of H-pyrrole nitrogens is 1. The highest BCUT2D eigenvalue weighted by molar-refractivity contribution is 7.80. The number of anilines is 1. The van der Waals surface area contributed by atoms with Crippen LogP contribution in [0.3, 0.4) is 0 Å². The number of ether oxygens (including phenoxy) is 2. The number of pyridine rings is 1. The maximum absolute atomic E-state index is 15.3. The van der Waals surface area contributed by atoms with Crippen molar-refractivity contribution in [1.82, 2.24) is 9.55 Å². The van der Waals surface area contributed by atoms with Gasteiger partial charge in [-0.1, -0.05) is 12.1 Å². The molecule has 0 radical (unpaired) electrons. The molecule has 12 heteroatoms. The van der Waals surface area contributed by atoms with Gasteiger partial charge in [-0.3, -0.25) is 14.2 Å². The number of nitrogens with one attached hydrogen (secondary N) is 3. The molecule has 46 heavy (non-hydrogen) atoms. The summed E-state index contributed by atoms with van der Waals surface area (Å²) in [5, 5.41) is 10.1. The second-order valence-corrected chi connectivity index (χ2v) is 9.87. The highest BCUT2D eigenvalue weighted by Gasteiger charge is 2.21. The Morgan fingerprint density at radius 3 is 2.48 bits per heavy atom. The predicted octanol–water partition coefficient (Wildman–Crippen LogP) is 6.69. The Balaban J connectivity index is 0.00000235. The van der Waals surface area contributed by atoms with Gasteiger partial charge in [0.2, 0.25) is 0 Å². The van der Waals surface area contributed by atoms with Crippen LogP contribution in [0.4, 0.5) is 14.5 Å². The first kappa shape index (κ1) is 33.4. The number of hydrogen-bond acceptors (Lipinski definition) is 7. The van der Waals surface area contributed by atoms with Gasteiger partial charge in [0.05, 0.1) is 12.3 Å². The third-order valence-corrected chi connectivity index (χ3v) is 6.76. The Kier molecular flexibility index (Phi) is 11.3. The van der Waals surface area contributed by atoms with Gasteiger partial charge in [0, 0.05) is 52.6 Å². The number of nitrogens with zero attached hydrogens (tertiary/aromatic N) is 1. The zero-order valence-corrected chi connectivity index (χ0v) is 25.8. The molecule has 5 rings (SSSR count). The number of aromatic amines is 1. The number of allylic oxidation sites excluding steroid dienone is 1. The number of benzene rings is 3. The minimum atomic E-state index is -0.824. The Morgan fingerprint density at radius 2 is 1.80 bits per heavy atom. The van der Waals surface area contributed by atoms with E-state index in [1.807, 2.05) is 30.3 Å². The highest BCUT2D eigenvalue weighted by atomic mass is 32.1. The lowest BCUT2D eigenvalue weighted by molar-refractivity contribution is 0.102. The van der Waals surface area contributed by atoms with Crippen LogP contribution in [0, 0.1) is 17.0 Å². The van der Waals surface area contributed by atoms with Crippen molar-refractivity contribution in [3.05, 3.63) is 131 Å². The first-order valence-corrected chi connectivity index (χ1v) is 14.4. The molecule has 2 aromatic heterocycles. The van der Waals surface area contributed by atoms with E-state index < -0.39 is 23.1 Å². The van der Waals surface area contributed by atoms with Gasteiger partial charge < -0.3 is 30.9 Å². The molecule has 0 saturated carbocycles. The Morgan fingerprint density at radius 1 is 1.04 bits per heavy atom. The molecule has 5 aromatic rings. The van der Waals surface area contributed by atoms with Crippen molar-refractivity contribution in [2.45, 2.75) is 11.8 Å². The summed E-state index contributed by atoms with van der Waals surface area (Å²) in [6.07, 6.45) is 5.53. The van der Waals surface area contributed by atoms with Gasteiger partial charge in [0.15, 0.2) is 17.3 Å². The van der Waals surface area contributed by atoms with Crippen LogP contribution in [0.2, 0.25) is 0 Å². The molecule has 9 nitrogen and oxygen atoms in total. The summed E-state index contributed by atoms with van der Waals surface area (Å²) in [4.78, 5) is 30.5. The Hall–Kier alpha value is -5.46. The lowest BCUT2D eigenvalue weighted by atomic mass is 10.1. The fourth-order valence-corrected chi connectivity index (χ4v) is 4.74. The number of amides is 1. The van der Waals surface area contributed by atoms with Crippen LogP contribution in [-0.2, 0) is 0 Å². The van der Waals surface area contributed by atoms with E-state index in [0.29, 0.717) is 11.4 Å². The van der Waals surface area contributed by atoms with Gasteiger partial charge in [-0.2, -0.15) is 0 Å². The Bertz CT molecular complexity index is 1940. The first-order valence-electron chi connectivity index (χ1n) is 14.0. The molecule has 0 fully saturated rings. The minimum Gasteiger partial charge on any atom is -0.493 e. The molecule has 0 spiro atoms. The van der Waals surface area contributed by atoms with E-state index in [-0.39, 0.29) is 35.1 Å². The number of aromatic nitrogens is 2. The van der Waals surface area contributed by atoms with Gasteiger partial charge in [-0.15, -0.1) is 12.6 Å². The molecule has 5 N–H and O–H groups in total. The number of carbonyl (C=O) groups is 1. The van der Waals surface area contributed by atoms with Crippen LogP contribution >= 0.6 is 12.6 Å².